The Labute approximate surface area is 137 Å². The highest BCUT2D eigenvalue weighted by Gasteiger charge is 2.23. The van der Waals surface area contributed by atoms with Crippen LogP contribution in [-0.4, -0.2) is 57.5 Å². The van der Waals surface area contributed by atoms with Gasteiger partial charge in [-0.3, -0.25) is 9.69 Å². The van der Waals surface area contributed by atoms with Crippen LogP contribution in [0.5, 0.6) is 5.75 Å². The molecule has 0 saturated carbocycles. The number of sulfone groups is 1. The SMILES string of the molecule is CC[C@@H](NC(=O)CN1CCS(=O)(=O)CC1)c1ccc(OC)cc1. The number of carbonyl (C=O) groups is 1. The maximum absolute atomic E-state index is 12.2. The molecule has 1 fully saturated rings. The zero-order chi connectivity index (χ0) is 16.9. The fourth-order valence-corrected chi connectivity index (χ4v) is 3.89. The predicted molar refractivity (Wildman–Crippen MR) is 89.3 cm³/mol. The van der Waals surface area contributed by atoms with Crippen LogP contribution in [0.1, 0.15) is 24.9 Å². The number of nitrogens with zero attached hydrogens (tertiary/aromatic N) is 1. The zero-order valence-corrected chi connectivity index (χ0v) is 14.4. The highest BCUT2D eigenvalue weighted by molar-refractivity contribution is 7.91. The van der Waals surface area contributed by atoms with Crippen LogP contribution >= 0.6 is 0 Å². The van der Waals surface area contributed by atoms with E-state index in [1.807, 2.05) is 36.1 Å². The van der Waals surface area contributed by atoms with Gasteiger partial charge < -0.3 is 10.1 Å². The summed E-state index contributed by atoms with van der Waals surface area (Å²) in [6.07, 6.45) is 0.784. The van der Waals surface area contributed by atoms with E-state index in [9.17, 15) is 13.2 Å². The Morgan fingerprint density at radius 1 is 1.26 bits per heavy atom. The number of carbonyl (C=O) groups excluding carboxylic acids is 1. The van der Waals surface area contributed by atoms with E-state index in [4.69, 9.17) is 4.74 Å². The normalized spacial score (nSPS) is 19.0. The molecular weight excluding hydrogens is 316 g/mol. The minimum absolute atomic E-state index is 0.0538. The third-order valence-electron chi connectivity index (χ3n) is 4.07. The summed E-state index contributed by atoms with van der Waals surface area (Å²) < 4.78 is 27.9. The summed E-state index contributed by atoms with van der Waals surface area (Å²) in [5, 5.41) is 3.02. The average Bonchev–Trinajstić information content (AvgIpc) is 2.55. The van der Waals surface area contributed by atoms with Gasteiger partial charge in [-0.15, -0.1) is 0 Å². The fraction of sp³-hybridized carbons (Fsp3) is 0.562. The topological polar surface area (TPSA) is 75.7 Å². The van der Waals surface area contributed by atoms with Crippen molar-refractivity contribution in [3.8, 4) is 5.75 Å². The first-order valence-corrected chi connectivity index (χ1v) is 9.61. The van der Waals surface area contributed by atoms with E-state index in [0.29, 0.717) is 13.1 Å². The summed E-state index contributed by atoms with van der Waals surface area (Å²) in [5.41, 5.74) is 1.03. The number of ether oxygens (including phenoxy) is 1. The van der Waals surface area contributed by atoms with E-state index in [-0.39, 0.29) is 30.0 Å². The Hall–Kier alpha value is -1.60. The van der Waals surface area contributed by atoms with E-state index in [1.165, 1.54) is 0 Å². The van der Waals surface area contributed by atoms with E-state index in [2.05, 4.69) is 5.32 Å². The molecule has 1 amide bonds. The second-order valence-corrected chi connectivity index (χ2v) is 8.03. The van der Waals surface area contributed by atoms with Crippen LogP contribution in [0.4, 0.5) is 0 Å². The van der Waals surface area contributed by atoms with Crippen molar-refractivity contribution in [3.63, 3.8) is 0 Å². The third kappa shape index (κ3) is 5.21. The van der Waals surface area contributed by atoms with Crippen molar-refractivity contribution in [1.29, 1.82) is 0 Å². The molecule has 0 unspecified atom stereocenters. The van der Waals surface area contributed by atoms with Gasteiger partial charge in [-0.05, 0) is 24.1 Å². The van der Waals surface area contributed by atoms with Crippen LogP contribution in [0.3, 0.4) is 0 Å². The number of nitrogens with one attached hydrogen (secondary N) is 1. The maximum atomic E-state index is 12.2. The molecule has 0 radical (unpaired) electrons. The first-order valence-electron chi connectivity index (χ1n) is 7.79. The summed E-state index contributed by atoms with van der Waals surface area (Å²) >= 11 is 0. The van der Waals surface area contributed by atoms with Crippen LogP contribution in [0, 0.1) is 0 Å². The van der Waals surface area contributed by atoms with E-state index >= 15 is 0 Å². The van der Waals surface area contributed by atoms with Crippen LogP contribution in [-0.2, 0) is 14.6 Å². The molecule has 6 nitrogen and oxygen atoms in total. The van der Waals surface area contributed by atoms with Crippen molar-refractivity contribution in [2.75, 3.05) is 38.2 Å². The lowest BCUT2D eigenvalue weighted by molar-refractivity contribution is -0.123. The lowest BCUT2D eigenvalue weighted by Crippen LogP contribution is -2.45. The number of methoxy groups -OCH3 is 1. The summed E-state index contributed by atoms with van der Waals surface area (Å²) in [6, 6.07) is 7.59. The molecule has 7 heteroatoms. The summed E-state index contributed by atoms with van der Waals surface area (Å²) in [4.78, 5) is 14.1. The van der Waals surface area contributed by atoms with Gasteiger partial charge in [-0.25, -0.2) is 8.42 Å². The quantitative estimate of drug-likeness (QED) is 0.836. The molecule has 1 N–H and O–H groups in total. The smallest absolute Gasteiger partial charge is 0.234 e. The number of benzene rings is 1. The lowest BCUT2D eigenvalue weighted by atomic mass is 10.0. The van der Waals surface area contributed by atoms with E-state index in [0.717, 1.165) is 17.7 Å². The molecule has 1 saturated heterocycles. The number of hydrogen-bond acceptors (Lipinski definition) is 5. The Balaban J connectivity index is 1.89. The van der Waals surface area contributed by atoms with Crippen LogP contribution in [0.25, 0.3) is 0 Å². The van der Waals surface area contributed by atoms with Gasteiger partial charge in [0.1, 0.15) is 5.75 Å². The molecule has 0 spiro atoms. The first kappa shape index (κ1) is 17.7. The zero-order valence-electron chi connectivity index (χ0n) is 13.6. The van der Waals surface area contributed by atoms with Gasteiger partial charge in [0, 0.05) is 13.1 Å². The number of hydrogen-bond donors (Lipinski definition) is 1. The molecule has 0 aromatic heterocycles. The first-order chi connectivity index (χ1) is 10.9. The average molecular weight is 340 g/mol. The highest BCUT2D eigenvalue weighted by Crippen LogP contribution is 2.20. The Morgan fingerprint density at radius 2 is 1.87 bits per heavy atom. The van der Waals surface area contributed by atoms with Gasteiger partial charge in [-0.2, -0.15) is 0 Å². The van der Waals surface area contributed by atoms with E-state index in [1.54, 1.807) is 7.11 Å². The molecule has 1 heterocycles. The van der Waals surface area contributed by atoms with Crippen LogP contribution in [0.15, 0.2) is 24.3 Å². The lowest BCUT2D eigenvalue weighted by Gasteiger charge is -2.27. The molecule has 0 aliphatic carbocycles. The standard InChI is InChI=1S/C16H24N2O4S/c1-3-15(13-4-6-14(22-2)7-5-13)17-16(19)12-18-8-10-23(20,21)11-9-18/h4-7,15H,3,8-12H2,1-2H3,(H,17,19)/t15-/m1/s1. The minimum atomic E-state index is -2.91. The monoisotopic (exact) mass is 340 g/mol. The molecule has 23 heavy (non-hydrogen) atoms. The highest BCUT2D eigenvalue weighted by atomic mass is 32.2. The molecule has 1 aromatic rings. The summed E-state index contributed by atoms with van der Waals surface area (Å²) in [5.74, 6) is 0.975. The Bertz CT molecular complexity index is 614. The minimum Gasteiger partial charge on any atom is -0.497 e. The molecule has 1 aromatic carbocycles. The second kappa shape index (κ2) is 7.79. The van der Waals surface area contributed by atoms with Crippen molar-refractivity contribution in [1.82, 2.24) is 10.2 Å². The fourth-order valence-electron chi connectivity index (χ4n) is 2.61. The van der Waals surface area contributed by atoms with Crippen molar-refractivity contribution in [2.24, 2.45) is 0 Å². The largest absolute Gasteiger partial charge is 0.497 e. The second-order valence-electron chi connectivity index (χ2n) is 5.73. The third-order valence-corrected chi connectivity index (χ3v) is 5.68. The molecule has 128 valence electrons. The molecule has 2 rings (SSSR count). The van der Waals surface area contributed by atoms with Gasteiger partial charge in [0.15, 0.2) is 9.84 Å². The molecule has 1 atom stereocenters. The van der Waals surface area contributed by atoms with Gasteiger partial charge >= 0.3 is 0 Å². The van der Waals surface area contributed by atoms with Crippen molar-refractivity contribution < 1.29 is 17.9 Å². The molecule has 1 aliphatic rings. The van der Waals surface area contributed by atoms with Gasteiger partial charge in [0.25, 0.3) is 0 Å². The van der Waals surface area contributed by atoms with Crippen molar-refractivity contribution >= 4 is 15.7 Å². The van der Waals surface area contributed by atoms with Crippen molar-refractivity contribution in [2.45, 2.75) is 19.4 Å². The number of amides is 1. The van der Waals surface area contributed by atoms with Crippen LogP contribution in [0.2, 0.25) is 0 Å². The van der Waals surface area contributed by atoms with E-state index < -0.39 is 9.84 Å². The Morgan fingerprint density at radius 3 is 2.39 bits per heavy atom. The van der Waals surface area contributed by atoms with Gasteiger partial charge in [-0.1, -0.05) is 19.1 Å². The summed E-state index contributed by atoms with van der Waals surface area (Å²) in [6.45, 7) is 3.11. The Kier molecular flexibility index (Phi) is 6.01. The molecule has 0 bridgehead atoms. The molecular formula is C16H24N2O4S. The van der Waals surface area contributed by atoms with Crippen molar-refractivity contribution in [3.05, 3.63) is 29.8 Å². The summed E-state index contributed by atoms with van der Waals surface area (Å²) in [7, 11) is -1.30. The van der Waals surface area contributed by atoms with Crippen LogP contribution < -0.4 is 10.1 Å². The predicted octanol–water partition coefficient (Wildman–Crippen LogP) is 0.993. The molecule has 1 aliphatic heterocycles. The number of rotatable bonds is 6. The maximum Gasteiger partial charge on any atom is 0.234 e. The van der Waals surface area contributed by atoms with Gasteiger partial charge in [0.2, 0.25) is 5.91 Å². The van der Waals surface area contributed by atoms with Gasteiger partial charge in [0.05, 0.1) is 31.2 Å².